The van der Waals surface area contributed by atoms with E-state index in [2.05, 4.69) is 20.5 Å². The number of aromatic nitrogens is 2. The Morgan fingerprint density at radius 3 is 2.83 bits per heavy atom. The van der Waals surface area contributed by atoms with Crippen LogP contribution in [0.5, 0.6) is 0 Å². The zero-order chi connectivity index (χ0) is 16.8. The fourth-order valence-corrected chi connectivity index (χ4v) is 3.16. The molecule has 1 aliphatic rings. The van der Waals surface area contributed by atoms with Gasteiger partial charge in [0.1, 0.15) is 0 Å². The van der Waals surface area contributed by atoms with Crippen LogP contribution < -0.4 is 10.6 Å². The van der Waals surface area contributed by atoms with Crippen LogP contribution in [0.1, 0.15) is 19.3 Å². The van der Waals surface area contributed by atoms with E-state index in [1.54, 1.807) is 18.6 Å². The van der Waals surface area contributed by atoms with Crippen molar-refractivity contribution in [3.05, 3.63) is 41.9 Å². The molecule has 7 heteroatoms. The van der Waals surface area contributed by atoms with Gasteiger partial charge in [0.25, 0.3) is 0 Å². The zero-order valence-electron chi connectivity index (χ0n) is 13.5. The van der Waals surface area contributed by atoms with Gasteiger partial charge in [-0.05, 0) is 57.1 Å². The van der Waals surface area contributed by atoms with Crippen molar-refractivity contribution in [3.8, 4) is 5.69 Å². The standard InChI is InChI=1S/C17H22ClN5O/c18-15-12-14(4-5-16(15)23-11-7-19-13-23)21-17(24)20-6-3-10-22-8-1-2-9-22/h4-5,7,11-13H,1-3,6,8-10H2,(H2,20,21,24). The number of urea groups is 1. The third-order valence-corrected chi connectivity index (χ3v) is 4.43. The summed E-state index contributed by atoms with van der Waals surface area (Å²) in [5.74, 6) is 0. The van der Waals surface area contributed by atoms with Gasteiger partial charge in [-0.25, -0.2) is 9.78 Å². The van der Waals surface area contributed by atoms with Gasteiger partial charge in [0.15, 0.2) is 0 Å². The van der Waals surface area contributed by atoms with Crippen LogP contribution in [0.15, 0.2) is 36.9 Å². The lowest BCUT2D eigenvalue weighted by atomic mass is 10.2. The molecule has 1 aromatic heterocycles. The number of likely N-dealkylation sites (tertiary alicyclic amines) is 1. The first-order valence-electron chi connectivity index (χ1n) is 8.27. The summed E-state index contributed by atoms with van der Waals surface area (Å²) in [7, 11) is 0. The fourth-order valence-electron chi connectivity index (χ4n) is 2.88. The lowest BCUT2D eigenvalue weighted by Crippen LogP contribution is -2.31. The van der Waals surface area contributed by atoms with Crippen molar-refractivity contribution >= 4 is 23.3 Å². The van der Waals surface area contributed by atoms with Crippen molar-refractivity contribution in [2.24, 2.45) is 0 Å². The Labute approximate surface area is 146 Å². The molecule has 0 saturated carbocycles. The van der Waals surface area contributed by atoms with E-state index in [0.717, 1.165) is 18.7 Å². The van der Waals surface area contributed by atoms with Crippen LogP contribution in [0.2, 0.25) is 5.02 Å². The van der Waals surface area contributed by atoms with E-state index in [-0.39, 0.29) is 6.03 Å². The molecule has 0 spiro atoms. The molecule has 1 fully saturated rings. The molecule has 2 aromatic rings. The summed E-state index contributed by atoms with van der Waals surface area (Å²) in [4.78, 5) is 18.4. The molecule has 6 nitrogen and oxygen atoms in total. The highest BCUT2D eigenvalue weighted by Gasteiger charge is 2.11. The monoisotopic (exact) mass is 347 g/mol. The Morgan fingerprint density at radius 1 is 1.29 bits per heavy atom. The average Bonchev–Trinajstić information content (AvgIpc) is 3.25. The molecule has 0 unspecified atom stereocenters. The quantitative estimate of drug-likeness (QED) is 0.789. The predicted molar refractivity (Wildman–Crippen MR) is 95.9 cm³/mol. The number of nitrogens with one attached hydrogen (secondary N) is 2. The minimum absolute atomic E-state index is 0.206. The van der Waals surface area contributed by atoms with Gasteiger partial charge in [-0.15, -0.1) is 0 Å². The molecule has 24 heavy (non-hydrogen) atoms. The second-order valence-electron chi connectivity index (χ2n) is 5.92. The number of carbonyl (C=O) groups is 1. The van der Waals surface area contributed by atoms with E-state index in [1.165, 1.54) is 25.9 Å². The van der Waals surface area contributed by atoms with Crippen LogP contribution in [0.3, 0.4) is 0 Å². The number of imidazole rings is 1. The number of rotatable bonds is 6. The van der Waals surface area contributed by atoms with Gasteiger partial charge in [-0.1, -0.05) is 11.6 Å². The summed E-state index contributed by atoms with van der Waals surface area (Å²) >= 11 is 6.28. The molecule has 0 radical (unpaired) electrons. The molecule has 1 aliphatic heterocycles. The Morgan fingerprint density at radius 2 is 2.12 bits per heavy atom. The number of anilines is 1. The molecule has 0 aliphatic carbocycles. The molecule has 3 rings (SSSR count). The molecule has 2 amide bonds. The van der Waals surface area contributed by atoms with Gasteiger partial charge in [-0.2, -0.15) is 0 Å². The normalized spacial score (nSPS) is 14.7. The second kappa shape index (κ2) is 8.17. The fraction of sp³-hybridized carbons (Fsp3) is 0.412. The van der Waals surface area contributed by atoms with Crippen LogP contribution in [0.4, 0.5) is 10.5 Å². The average molecular weight is 348 g/mol. The van der Waals surface area contributed by atoms with Crippen molar-refractivity contribution in [1.82, 2.24) is 19.8 Å². The van der Waals surface area contributed by atoms with E-state index in [9.17, 15) is 4.79 Å². The lowest BCUT2D eigenvalue weighted by Gasteiger charge is -2.14. The van der Waals surface area contributed by atoms with Gasteiger partial charge in [-0.3, -0.25) is 0 Å². The summed E-state index contributed by atoms with van der Waals surface area (Å²) in [6.07, 6.45) is 8.75. The first-order valence-corrected chi connectivity index (χ1v) is 8.65. The number of nitrogens with zero attached hydrogens (tertiary/aromatic N) is 3. The largest absolute Gasteiger partial charge is 0.338 e. The maximum Gasteiger partial charge on any atom is 0.319 e. The van der Waals surface area contributed by atoms with Gasteiger partial charge < -0.3 is 20.1 Å². The van der Waals surface area contributed by atoms with E-state index in [4.69, 9.17) is 11.6 Å². The van der Waals surface area contributed by atoms with Crippen molar-refractivity contribution in [1.29, 1.82) is 0 Å². The van der Waals surface area contributed by atoms with E-state index in [0.29, 0.717) is 17.3 Å². The van der Waals surface area contributed by atoms with Crippen LogP contribution in [-0.4, -0.2) is 46.7 Å². The molecule has 2 heterocycles. The molecule has 2 N–H and O–H groups in total. The van der Waals surface area contributed by atoms with Gasteiger partial charge >= 0.3 is 6.03 Å². The van der Waals surface area contributed by atoms with Crippen LogP contribution >= 0.6 is 11.6 Å². The summed E-state index contributed by atoms with van der Waals surface area (Å²) in [6.45, 7) is 4.09. The Hall–Kier alpha value is -2.05. The van der Waals surface area contributed by atoms with Crippen molar-refractivity contribution in [2.75, 3.05) is 31.5 Å². The minimum Gasteiger partial charge on any atom is -0.338 e. The maximum absolute atomic E-state index is 11.9. The zero-order valence-corrected chi connectivity index (χ0v) is 14.3. The Bertz CT molecular complexity index is 668. The second-order valence-corrected chi connectivity index (χ2v) is 6.33. The van der Waals surface area contributed by atoms with Crippen molar-refractivity contribution in [2.45, 2.75) is 19.3 Å². The molecule has 0 bridgehead atoms. The summed E-state index contributed by atoms with van der Waals surface area (Å²) in [6, 6.07) is 5.21. The molecule has 128 valence electrons. The highest BCUT2D eigenvalue weighted by atomic mass is 35.5. The highest BCUT2D eigenvalue weighted by molar-refractivity contribution is 6.32. The molecule has 0 atom stereocenters. The maximum atomic E-state index is 11.9. The first kappa shape index (κ1) is 16.8. The first-order chi connectivity index (χ1) is 11.7. The molecular formula is C17H22ClN5O. The van der Waals surface area contributed by atoms with Gasteiger partial charge in [0.05, 0.1) is 17.0 Å². The number of halogens is 1. The smallest absolute Gasteiger partial charge is 0.319 e. The number of carbonyl (C=O) groups excluding carboxylic acids is 1. The van der Waals surface area contributed by atoms with E-state index in [1.807, 2.05) is 22.9 Å². The predicted octanol–water partition coefficient (Wildman–Crippen LogP) is 3.13. The van der Waals surface area contributed by atoms with E-state index < -0.39 is 0 Å². The Balaban J connectivity index is 1.45. The third kappa shape index (κ3) is 4.49. The van der Waals surface area contributed by atoms with Crippen LogP contribution in [0.25, 0.3) is 5.69 Å². The molecular weight excluding hydrogens is 326 g/mol. The topological polar surface area (TPSA) is 62.2 Å². The van der Waals surface area contributed by atoms with E-state index >= 15 is 0 Å². The van der Waals surface area contributed by atoms with Crippen LogP contribution in [0, 0.1) is 0 Å². The van der Waals surface area contributed by atoms with Gasteiger partial charge in [0, 0.05) is 24.6 Å². The number of hydrogen-bond acceptors (Lipinski definition) is 3. The third-order valence-electron chi connectivity index (χ3n) is 4.12. The van der Waals surface area contributed by atoms with Crippen molar-refractivity contribution in [3.63, 3.8) is 0 Å². The highest BCUT2D eigenvalue weighted by Crippen LogP contribution is 2.24. The number of hydrogen-bond donors (Lipinski definition) is 2. The lowest BCUT2D eigenvalue weighted by molar-refractivity contribution is 0.251. The number of benzene rings is 1. The Kier molecular flexibility index (Phi) is 5.72. The van der Waals surface area contributed by atoms with Crippen molar-refractivity contribution < 1.29 is 4.79 Å². The summed E-state index contributed by atoms with van der Waals surface area (Å²) in [5.41, 5.74) is 1.49. The minimum atomic E-state index is -0.206. The van der Waals surface area contributed by atoms with Crippen LogP contribution in [-0.2, 0) is 0 Å². The summed E-state index contributed by atoms with van der Waals surface area (Å²) in [5, 5.41) is 6.25. The number of amides is 2. The van der Waals surface area contributed by atoms with Gasteiger partial charge in [0.2, 0.25) is 0 Å². The summed E-state index contributed by atoms with van der Waals surface area (Å²) < 4.78 is 1.82. The SMILES string of the molecule is O=C(NCCCN1CCCC1)Nc1ccc(-n2ccnc2)c(Cl)c1. The molecule has 1 saturated heterocycles. The molecule has 1 aromatic carbocycles.